The summed E-state index contributed by atoms with van der Waals surface area (Å²) in [6, 6.07) is 0. The van der Waals surface area contributed by atoms with Gasteiger partial charge in [-0.1, -0.05) is 0 Å². The highest BCUT2D eigenvalue weighted by atomic mass is 31.1. The normalized spacial score (nSPS) is 9.00. The van der Waals surface area contributed by atoms with Crippen molar-refractivity contribution in [3.05, 3.63) is 0 Å². The van der Waals surface area contributed by atoms with Crippen molar-refractivity contribution < 1.29 is 4.57 Å². The minimum absolute atomic E-state index is 0.169. The minimum Gasteiger partial charge on any atom is -0.310 e. The predicted octanol–water partition coefficient (Wildman–Crippen LogP) is 0.455. The summed E-state index contributed by atoms with van der Waals surface area (Å²) in [5, 5.41) is 2.69. The molecular weight excluding hydrogens is 85.0 g/mol. The summed E-state index contributed by atoms with van der Waals surface area (Å²) in [6.45, 7) is 0. The van der Waals surface area contributed by atoms with Crippen LogP contribution in [0.3, 0.4) is 0 Å². The molecule has 0 aromatic rings. The Morgan fingerprint density at radius 2 is 2.60 bits per heavy atom. The Morgan fingerprint density at radius 1 is 2.00 bits per heavy atom. The Bertz CT molecular complexity index is 30.8. The summed E-state index contributed by atoms with van der Waals surface area (Å²) < 4.78 is 9.44. The van der Waals surface area contributed by atoms with E-state index >= 15 is 0 Å². The van der Waals surface area contributed by atoms with Crippen molar-refractivity contribution in [1.82, 2.24) is 5.32 Å². The van der Waals surface area contributed by atoms with E-state index in [4.69, 9.17) is 0 Å². The van der Waals surface area contributed by atoms with Gasteiger partial charge >= 0.3 is 0 Å². The lowest BCUT2D eigenvalue weighted by atomic mass is 11.3. The molecule has 0 saturated heterocycles. The van der Waals surface area contributed by atoms with Crippen LogP contribution in [-0.2, 0) is 4.57 Å². The van der Waals surface area contributed by atoms with E-state index in [2.05, 4.69) is 5.32 Å². The van der Waals surface area contributed by atoms with Gasteiger partial charge in [-0.25, -0.2) is 0 Å². The quantitative estimate of drug-likeness (QED) is 0.500. The number of hydrogen-bond donors (Lipinski definition) is 1. The maximum absolute atomic E-state index is 9.44. The molecule has 1 N–H and O–H groups in total. The summed E-state index contributed by atoms with van der Waals surface area (Å²) in [5.41, 5.74) is 0. The Hall–Kier alpha value is 0.0600. The average Bonchev–Trinajstić information content (AvgIpc) is 1.41. The van der Waals surface area contributed by atoms with Gasteiger partial charge in [-0.3, -0.25) is 4.57 Å². The van der Waals surface area contributed by atoms with Crippen LogP contribution >= 0.6 is 8.46 Å². The molecule has 2 nitrogen and oxygen atoms in total. The van der Waals surface area contributed by atoms with Gasteiger partial charge in [-0.15, -0.1) is 0 Å². The molecule has 5 heavy (non-hydrogen) atoms. The maximum atomic E-state index is 9.44. The maximum Gasteiger partial charge on any atom is 0.170 e. The topological polar surface area (TPSA) is 29.1 Å². The van der Waals surface area contributed by atoms with Crippen molar-refractivity contribution in [2.75, 3.05) is 13.3 Å². The van der Waals surface area contributed by atoms with E-state index in [-0.39, 0.29) is 8.46 Å². The van der Waals surface area contributed by atoms with E-state index in [1.165, 1.54) is 0 Å². The molecule has 30 valence electrons. The lowest BCUT2D eigenvalue weighted by Crippen LogP contribution is -1.99. The van der Waals surface area contributed by atoms with Crippen molar-refractivity contribution >= 4 is 8.46 Å². The van der Waals surface area contributed by atoms with E-state index in [1.807, 2.05) is 0 Å². The molecule has 0 saturated carbocycles. The highest BCUT2D eigenvalue weighted by Crippen LogP contribution is 1.79. The van der Waals surface area contributed by atoms with Crippen molar-refractivity contribution in [2.24, 2.45) is 0 Å². The van der Waals surface area contributed by atoms with Crippen LogP contribution in [-0.4, -0.2) is 13.3 Å². The van der Waals surface area contributed by atoms with Crippen LogP contribution in [0.5, 0.6) is 0 Å². The SMILES string of the molecule is CNCP=O. The van der Waals surface area contributed by atoms with Gasteiger partial charge in [0.2, 0.25) is 0 Å². The fourth-order valence-corrected chi connectivity index (χ4v) is 0.194. The molecule has 0 fully saturated rings. The summed E-state index contributed by atoms with van der Waals surface area (Å²) in [5.74, 6) is 0. The third-order valence-corrected chi connectivity index (χ3v) is 0.668. The molecule has 0 aromatic carbocycles. The number of nitrogens with one attached hydrogen (secondary N) is 1. The minimum atomic E-state index is 0.169. The second-order valence-electron chi connectivity index (χ2n) is 0.641. The van der Waals surface area contributed by atoms with Crippen molar-refractivity contribution in [3.63, 3.8) is 0 Å². The summed E-state index contributed by atoms with van der Waals surface area (Å²) >= 11 is 0. The highest BCUT2D eigenvalue weighted by molar-refractivity contribution is 7.23. The van der Waals surface area contributed by atoms with Gasteiger partial charge in [-0.2, -0.15) is 0 Å². The fourth-order valence-electron chi connectivity index (χ4n) is 0.0645. The van der Waals surface area contributed by atoms with Gasteiger partial charge in [0, 0.05) is 0 Å². The zero-order chi connectivity index (χ0) is 4.12. The van der Waals surface area contributed by atoms with Gasteiger partial charge in [0.15, 0.2) is 8.46 Å². The van der Waals surface area contributed by atoms with Crippen LogP contribution in [0, 0.1) is 0 Å². The smallest absolute Gasteiger partial charge is 0.170 e. The molecule has 0 rings (SSSR count). The number of hydrogen-bond acceptors (Lipinski definition) is 2. The van der Waals surface area contributed by atoms with Crippen molar-refractivity contribution in [2.45, 2.75) is 0 Å². The van der Waals surface area contributed by atoms with Crippen molar-refractivity contribution in [3.8, 4) is 0 Å². The summed E-state index contributed by atoms with van der Waals surface area (Å²) in [6.07, 6.45) is 0.556. The van der Waals surface area contributed by atoms with Crippen LogP contribution in [0.15, 0.2) is 0 Å². The second kappa shape index (κ2) is 4.06. The Morgan fingerprint density at radius 3 is 2.60 bits per heavy atom. The van der Waals surface area contributed by atoms with E-state index in [0.29, 0.717) is 6.29 Å². The largest absolute Gasteiger partial charge is 0.310 e. The monoisotopic (exact) mass is 91.0 g/mol. The van der Waals surface area contributed by atoms with Crippen LogP contribution in [0.4, 0.5) is 0 Å². The molecule has 0 spiro atoms. The average molecular weight is 91.0 g/mol. The third-order valence-electron chi connectivity index (χ3n) is 0.223. The van der Waals surface area contributed by atoms with Crippen LogP contribution < -0.4 is 5.32 Å². The molecule has 0 unspecified atom stereocenters. The first kappa shape index (κ1) is 5.06. The molecular formula is C2H6NOP. The molecule has 0 radical (unpaired) electrons. The lowest BCUT2D eigenvalue weighted by Gasteiger charge is -1.74. The van der Waals surface area contributed by atoms with E-state index in [9.17, 15) is 4.57 Å². The van der Waals surface area contributed by atoms with Gasteiger partial charge < -0.3 is 5.32 Å². The molecule has 0 bridgehead atoms. The van der Waals surface area contributed by atoms with Crippen LogP contribution in [0.1, 0.15) is 0 Å². The molecule has 0 amide bonds. The van der Waals surface area contributed by atoms with E-state index in [0.717, 1.165) is 0 Å². The van der Waals surface area contributed by atoms with Gasteiger partial charge in [0.1, 0.15) is 0 Å². The molecule has 0 aromatic heterocycles. The van der Waals surface area contributed by atoms with Gasteiger partial charge in [0.25, 0.3) is 0 Å². The lowest BCUT2D eigenvalue weighted by molar-refractivity contribution is 0.596. The third kappa shape index (κ3) is 4.06. The molecule has 0 heterocycles. The molecule has 3 heteroatoms. The first-order valence-corrected chi connectivity index (χ1v) is 2.35. The number of rotatable bonds is 2. The first-order valence-electron chi connectivity index (χ1n) is 1.35. The summed E-state index contributed by atoms with van der Waals surface area (Å²) in [4.78, 5) is 0. The molecule has 0 aliphatic rings. The van der Waals surface area contributed by atoms with Crippen LogP contribution in [0.25, 0.3) is 0 Å². The molecule has 0 atom stereocenters. The van der Waals surface area contributed by atoms with Gasteiger partial charge in [-0.05, 0) is 7.05 Å². The van der Waals surface area contributed by atoms with E-state index in [1.54, 1.807) is 7.05 Å². The fraction of sp³-hybridized carbons (Fsp3) is 1.00. The Kier molecular flexibility index (Phi) is 4.11. The van der Waals surface area contributed by atoms with E-state index < -0.39 is 0 Å². The second-order valence-corrected chi connectivity index (χ2v) is 1.22. The highest BCUT2D eigenvalue weighted by Gasteiger charge is 1.64. The molecule has 0 aliphatic heterocycles. The Balaban J connectivity index is 2.40. The molecule has 0 aliphatic carbocycles. The first-order chi connectivity index (χ1) is 2.41. The van der Waals surface area contributed by atoms with Crippen LogP contribution in [0.2, 0.25) is 0 Å². The zero-order valence-corrected chi connectivity index (χ0v) is 3.96. The summed E-state index contributed by atoms with van der Waals surface area (Å²) in [7, 11) is 1.92. The Labute approximate surface area is 32.8 Å². The van der Waals surface area contributed by atoms with Crippen molar-refractivity contribution in [1.29, 1.82) is 0 Å². The predicted molar refractivity (Wildman–Crippen MR) is 21.5 cm³/mol. The standard InChI is InChI=1S/C2H6NOP/c1-3-2-5-4/h3H,2H2,1H3. The van der Waals surface area contributed by atoms with Gasteiger partial charge in [0.05, 0.1) is 6.29 Å². The zero-order valence-electron chi connectivity index (χ0n) is 3.06.